The van der Waals surface area contributed by atoms with E-state index in [9.17, 15) is 14.7 Å². The molecule has 0 bridgehead atoms. The molecule has 0 aliphatic carbocycles. The topological polar surface area (TPSA) is 63.6 Å². The summed E-state index contributed by atoms with van der Waals surface area (Å²) in [7, 11) is 0. The van der Waals surface area contributed by atoms with Gasteiger partial charge in [-0.2, -0.15) is 0 Å². The van der Waals surface area contributed by atoms with E-state index in [4.69, 9.17) is 4.74 Å². The van der Waals surface area contributed by atoms with Crippen LogP contribution in [0.2, 0.25) is 0 Å². The fraction of sp³-hybridized carbons (Fsp3) is 0.500. The van der Waals surface area contributed by atoms with Gasteiger partial charge in [0.15, 0.2) is 0 Å². The van der Waals surface area contributed by atoms with Gasteiger partial charge in [0.05, 0.1) is 11.8 Å². The highest BCUT2D eigenvalue weighted by Gasteiger charge is 2.31. The molecule has 0 amide bonds. The van der Waals surface area contributed by atoms with Gasteiger partial charge in [-0.25, -0.2) is 0 Å². The maximum atomic E-state index is 12.0. The summed E-state index contributed by atoms with van der Waals surface area (Å²) in [5, 5.41) is 9.22. The smallest absolute Gasteiger partial charge is 0.309 e. The molecule has 20 heavy (non-hydrogen) atoms. The van der Waals surface area contributed by atoms with Gasteiger partial charge in [-0.15, -0.1) is 0 Å². The normalized spacial score (nSPS) is 13.8. The number of carbonyl (C=O) groups is 2. The number of carbonyl (C=O) groups excluding carboxylic acids is 1. The van der Waals surface area contributed by atoms with E-state index in [1.54, 1.807) is 6.92 Å². The first-order chi connectivity index (χ1) is 9.41. The van der Waals surface area contributed by atoms with E-state index in [2.05, 4.69) is 0 Å². The minimum atomic E-state index is -0.942. The van der Waals surface area contributed by atoms with E-state index < -0.39 is 23.8 Å². The molecule has 2 unspecified atom stereocenters. The van der Waals surface area contributed by atoms with Gasteiger partial charge in [-0.3, -0.25) is 9.59 Å². The minimum absolute atomic E-state index is 0.179. The van der Waals surface area contributed by atoms with E-state index in [0.717, 1.165) is 5.56 Å². The molecule has 4 heteroatoms. The predicted molar refractivity (Wildman–Crippen MR) is 76.0 cm³/mol. The fourth-order valence-electron chi connectivity index (χ4n) is 2.05. The zero-order valence-electron chi connectivity index (χ0n) is 12.2. The van der Waals surface area contributed by atoms with Crippen molar-refractivity contribution in [3.8, 4) is 0 Å². The number of carboxylic acids is 1. The van der Waals surface area contributed by atoms with Crippen LogP contribution < -0.4 is 0 Å². The van der Waals surface area contributed by atoms with Gasteiger partial charge < -0.3 is 9.84 Å². The first kappa shape index (κ1) is 16.2. The van der Waals surface area contributed by atoms with Crippen LogP contribution in [0.1, 0.15) is 32.8 Å². The number of esters is 1. The second-order valence-electron chi connectivity index (χ2n) is 5.46. The Morgan fingerprint density at radius 3 is 2.25 bits per heavy atom. The van der Waals surface area contributed by atoms with Crippen molar-refractivity contribution in [1.29, 1.82) is 0 Å². The van der Waals surface area contributed by atoms with Crippen molar-refractivity contribution < 1.29 is 19.4 Å². The summed E-state index contributed by atoms with van der Waals surface area (Å²) in [6.07, 6.45) is 0.469. The summed E-state index contributed by atoms with van der Waals surface area (Å²) >= 11 is 0. The molecular formula is C16H22O4. The maximum absolute atomic E-state index is 12.0. The van der Waals surface area contributed by atoms with Crippen molar-refractivity contribution in [3.05, 3.63) is 35.9 Å². The van der Waals surface area contributed by atoms with Gasteiger partial charge >= 0.3 is 11.9 Å². The third kappa shape index (κ3) is 5.03. The van der Waals surface area contributed by atoms with Crippen molar-refractivity contribution in [2.75, 3.05) is 0 Å². The molecule has 1 N–H and O–H groups in total. The fourth-order valence-corrected chi connectivity index (χ4v) is 2.05. The van der Waals surface area contributed by atoms with Crippen LogP contribution in [0.15, 0.2) is 30.3 Å². The van der Waals surface area contributed by atoms with Crippen LogP contribution in [0.5, 0.6) is 0 Å². The Kier molecular flexibility index (Phi) is 6.22. The van der Waals surface area contributed by atoms with Crippen molar-refractivity contribution in [1.82, 2.24) is 0 Å². The average Bonchev–Trinajstić information content (AvgIpc) is 2.42. The third-order valence-corrected chi connectivity index (χ3v) is 3.24. The molecule has 4 nitrogen and oxygen atoms in total. The minimum Gasteiger partial charge on any atom is -0.481 e. The highest BCUT2D eigenvalue weighted by Crippen LogP contribution is 2.22. The molecule has 1 aromatic rings. The largest absolute Gasteiger partial charge is 0.481 e. The molecule has 0 fully saturated rings. The lowest BCUT2D eigenvalue weighted by atomic mass is 9.86. The lowest BCUT2D eigenvalue weighted by Crippen LogP contribution is -2.30. The summed E-state index contributed by atoms with van der Waals surface area (Å²) < 4.78 is 5.20. The summed E-state index contributed by atoms with van der Waals surface area (Å²) in [5.41, 5.74) is 0.892. The van der Waals surface area contributed by atoms with E-state index >= 15 is 0 Å². The molecule has 2 atom stereocenters. The molecule has 0 spiro atoms. The Morgan fingerprint density at radius 2 is 1.75 bits per heavy atom. The number of rotatable bonds is 7. The summed E-state index contributed by atoms with van der Waals surface area (Å²) in [4.78, 5) is 23.2. The number of ether oxygens (including phenoxy) is 1. The molecule has 1 rings (SSSR count). The lowest BCUT2D eigenvalue weighted by Gasteiger charge is -2.20. The van der Waals surface area contributed by atoms with Crippen molar-refractivity contribution in [3.63, 3.8) is 0 Å². The van der Waals surface area contributed by atoms with Gasteiger partial charge in [0.2, 0.25) is 0 Å². The second-order valence-corrected chi connectivity index (χ2v) is 5.46. The van der Waals surface area contributed by atoms with Gasteiger partial charge in [0.25, 0.3) is 0 Å². The summed E-state index contributed by atoms with van der Waals surface area (Å²) in [5.74, 6) is -2.51. The van der Waals surface area contributed by atoms with Crippen molar-refractivity contribution in [2.24, 2.45) is 17.8 Å². The van der Waals surface area contributed by atoms with E-state index in [-0.39, 0.29) is 12.5 Å². The molecule has 0 aliphatic heterocycles. The van der Waals surface area contributed by atoms with Crippen molar-refractivity contribution in [2.45, 2.75) is 33.8 Å². The highest BCUT2D eigenvalue weighted by atomic mass is 16.5. The monoisotopic (exact) mass is 278 g/mol. The molecule has 110 valence electrons. The van der Waals surface area contributed by atoms with Gasteiger partial charge in [-0.1, -0.05) is 51.1 Å². The van der Waals surface area contributed by atoms with Crippen LogP contribution in [-0.2, 0) is 20.9 Å². The molecule has 0 heterocycles. The van der Waals surface area contributed by atoms with Gasteiger partial charge in [-0.05, 0) is 17.9 Å². The predicted octanol–water partition coefficient (Wildman–Crippen LogP) is 3.11. The lowest BCUT2D eigenvalue weighted by molar-refractivity contribution is -0.158. The number of benzene rings is 1. The Hall–Kier alpha value is -1.84. The van der Waals surface area contributed by atoms with Gasteiger partial charge in [0.1, 0.15) is 6.61 Å². The van der Waals surface area contributed by atoms with E-state index in [0.29, 0.717) is 6.42 Å². The van der Waals surface area contributed by atoms with Crippen LogP contribution in [0.25, 0.3) is 0 Å². The molecule has 0 aliphatic rings. The number of aliphatic carboxylic acids is 1. The maximum Gasteiger partial charge on any atom is 0.309 e. The zero-order chi connectivity index (χ0) is 15.1. The highest BCUT2D eigenvalue weighted by molar-refractivity contribution is 5.80. The van der Waals surface area contributed by atoms with Crippen LogP contribution in [0.3, 0.4) is 0 Å². The molecule has 0 radical (unpaired) electrons. The second kappa shape index (κ2) is 7.68. The number of carboxylic acid groups (broad SMARTS) is 1. The summed E-state index contributed by atoms with van der Waals surface area (Å²) in [6, 6.07) is 9.34. The first-order valence-corrected chi connectivity index (χ1v) is 6.85. The van der Waals surface area contributed by atoms with E-state index in [1.807, 2.05) is 44.2 Å². The summed E-state index contributed by atoms with van der Waals surface area (Å²) in [6.45, 7) is 5.68. The van der Waals surface area contributed by atoms with Crippen LogP contribution in [0.4, 0.5) is 0 Å². The van der Waals surface area contributed by atoms with Gasteiger partial charge in [0, 0.05) is 0 Å². The van der Waals surface area contributed by atoms with Crippen molar-refractivity contribution >= 4 is 11.9 Å². The first-order valence-electron chi connectivity index (χ1n) is 6.85. The Bertz CT molecular complexity index is 439. The SMILES string of the molecule is CC(C)CC(C(=O)O)C(C)C(=O)OCc1ccccc1. The molecule has 0 saturated carbocycles. The Morgan fingerprint density at radius 1 is 1.15 bits per heavy atom. The Balaban J connectivity index is 2.58. The van der Waals surface area contributed by atoms with Crippen LogP contribution in [0, 0.1) is 17.8 Å². The molecule has 0 saturated heterocycles. The molecule has 1 aromatic carbocycles. The average molecular weight is 278 g/mol. The third-order valence-electron chi connectivity index (χ3n) is 3.24. The standard InChI is InChI=1S/C16H22O4/c1-11(2)9-14(15(17)18)12(3)16(19)20-10-13-7-5-4-6-8-13/h4-8,11-12,14H,9-10H2,1-3H3,(H,17,18). The zero-order valence-corrected chi connectivity index (χ0v) is 12.2. The number of hydrogen-bond acceptors (Lipinski definition) is 3. The van der Waals surface area contributed by atoms with Crippen LogP contribution >= 0.6 is 0 Å². The molecule has 0 aromatic heterocycles. The van der Waals surface area contributed by atoms with E-state index in [1.165, 1.54) is 0 Å². The molecular weight excluding hydrogens is 256 g/mol. The Labute approximate surface area is 119 Å². The van der Waals surface area contributed by atoms with Crippen LogP contribution in [-0.4, -0.2) is 17.0 Å². The number of hydrogen-bond donors (Lipinski definition) is 1. The quantitative estimate of drug-likeness (QED) is 0.778.